The van der Waals surface area contributed by atoms with Crippen molar-refractivity contribution in [3.63, 3.8) is 0 Å². The van der Waals surface area contributed by atoms with Gasteiger partial charge in [0.15, 0.2) is 0 Å². The Bertz CT molecular complexity index is 513. The van der Waals surface area contributed by atoms with E-state index in [-0.39, 0.29) is 0 Å². The molecular formula is C10H7BrN2O3. The quantitative estimate of drug-likeness (QED) is 0.624. The molecule has 5 nitrogen and oxygen atoms in total. The second-order valence-electron chi connectivity index (χ2n) is 3.31. The number of carbonyl (C=O) groups is 3. The predicted octanol–water partition coefficient (Wildman–Crippen LogP) is 1.34. The summed E-state index contributed by atoms with van der Waals surface area (Å²) in [5.74, 6) is -1.77. The fourth-order valence-corrected chi connectivity index (χ4v) is 1.87. The zero-order valence-electron chi connectivity index (χ0n) is 8.28. The summed E-state index contributed by atoms with van der Waals surface area (Å²) in [6.45, 7) is 1.83. The van der Waals surface area contributed by atoms with Crippen molar-refractivity contribution in [2.24, 2.45) is 0 Å². The molecule has 1 N–H and O–H groups in total. The van der Waals surface area contributed by atoms with Crippen molar-refractivity contribution in [3.05, 3.63) is 28.2 Å². The molecule has 0 spiro atoms. The van der Waals surface area contributed by atoms with Crippen molar-refractivity contribution in [1.29, 1.82) is 0 Å². The molecule has 1 aromatic rings. The third-order valence-electron chi connectivity index (χ3n) is 2.23. The van der Waals surface area contributed by atoms with Gasteiger partial charge in [-0.1, -0.05) is 12.1 Å². The summed E-state index contributed by atoms with van der Waals surface area (Å²) in [7, 11) is 0. The molecular weight excluding hydrogens is 276 g/mol. The lowest BCUT2D eigenvalue weighted by molar-refractivity contribution is -0.134. The molecule has 0 aliphatic carbocycles. The van der Waals surface area contributed by atoms with Gasteiger partial charge >= 0.3 is 17.8 Å². The number of anilines is 1. The summed E-state index contributed by atoms with van der Waals surface area (Å²) >= 11 is 3.28. The van der Waals surface area contributed by atoms with Gasteiger partial charge in [0.1, 0.15) is 0 Å². The van der Waals surface area contributed by atoms with Crippen molar-refractivity contribution in [2.75, 3.05) is 4.90 Å². The van der Waals surface area contributed by atoms with Gasteiger partial charge in [-0.15, -0.1) is 0 Å². The Hall–Kier alpha value is -1.69. The Balaban J connectivity index is 2.53. The third-order valence-corrected chi connectivity index (χ3v) is 3.26. The molecule has 1 fully saturated rings. The molecule has 1 aliphatic heterocycles. The van der Waals surface area contributed by atoms with Crippen LogP contribution in [0.25, 0.3) is 0 Å². The van der Waals surface area contributed by atoms with E-state index in [2.05, 4.69) is 15.9 Å². The van der Waals surface area contributed by atoms with E-state index < -0.39 is 17.8 Å². The molecule has 0 radical (unpaired) electrons. The number of amides is 4. The number of halogens is 1. The smallest absolute Gasteiger partial charge is 0.269 e. The Morgan fingerprint density at radius 2 is 1.94 bits per heavy atom. The first-order valence-corrected chi connectivity index (χ1v) is 5.26. The summed E-state index contributed by atoms with van der Waals surface area (Å²) in [5.41, 5.74) is 1.24. The minimum Gasteiger partial charge on any atom is -0.269 e. The summed E-state index contributed by atoms with van der Waals surface area (Å²) in [6, 6.07) is 4.40. The van der Waals surface area contributed by atoms with Crippen LogP contribution in [0, 0.1) is 6.92 Å². The lowest BCUT2D eigenvalue weighted by Gasteiger charge is -2.14. The third kappa shape index (κ3) is 1.51. The molecule has 1 saturated heterocycles. The lowest BCUT2D eigenvalue weighted by atomic mass is 10.2. The summed E-state index contributed by atoms with van der Waals surface area (Å²) in [4.78, 5) is 34.7. The average Bonchev–Trinajstić information content (AvgIpc) is 2.47. The zero-order valence-corrected chi connectivity index (χ0v) is 9.87. The Morgan fingerprint density at radius 1 is 1.25 bits per heavy atom. The van der Waals surface area contributed by atoms with E-state index in [1.807, 2.05) is 18.3 Å². The van der Waals surface area contributed by atoms with Crippen LogP contribution >= 0.6 is 15.9 Å². The minimum absolute atomic E-state index is 0.369. The van der Waals surface area contributed by atoms with E-state index in [0.29, 0.717) is 10.2 Å². The van der Waals surface area contributed by atoms with Gasteiger partial charge < -0.3 is 0 Å². The van der Waals surface area contributed by atoms with Crippen molar-refractivity contribution in [2.45, 2.75) is 6.92 Å². The zero-order chi connectivity index (χ0) is 11.9. The van der Waals surface area contributed by atoms with Crippen LogP contribution in [0.15, 0.2) is 22.7 Å². The highest BCUT2D eigenvalue weighted by Crippen LogP contribution is 2.30. The van der Waals surface area contributed by atoms with Crippen LogP contribution in [0.2, 0.25) is 0 Å². The van der Waals surface area contributed by atoms with Crippen LogP contribution in [0.3, 0.4) is 0 Å². The standard InChI is InChI=1S/C10H7BrN2O3/c1-5-3-2-4-6(7(5)11)13-9(15)8(14)12-10(13)16/h2-4H,1H3,(H,12,14,16). The van der Waals surface area contributed by atoms with E-state index in [0.717, 1.165) is 10.5 Å². The Morgan fingerprint density at radius 3 is 2.50 bits per heavy atom. The van der Waals surface area contributed by atoms with Crippen LogP contribution in [0.1, 0.15) is 5.56 Å². The van der Waals surface area contributed by atoms with Crippen LogP contribution in [-0.2, 0) is 9.59 Å². The molecule has 1 aromatic carbocycles. The highest BCUT2D eigenvalue weighted by Gasteiger charge is 2.38. The molecule has 0 atom stereocenters. The SMILES string of the molecule is Cc1cccc(N2C(=O)NC(=O)C2=O)c1Br. The highest BCUT2D eigenvalue weighted by molar-refractivity contribution is 9.10. The summed E-state index contributed by atoms with van der Waals surface area (Å²) in [6.07, 6.45) is 0. The normalized spacial score (nSPS) is 15.6. The Labute approximate surface area is 99.5 Å². The fraction of sp³-hybridized carbons (Fsp3) is 0.100. The molecule has 4 amide bonds. The second-order valence-corrected chi connectivity index (χ2v) is 4.10. The van der Waals surface area contributed by atoms with Gasteiger partial charge in [-0.05, 0) is 34.5 Å². The number of carbonyl (C=O) groups excluding carboxylic acids is 3. The number of imide groups is 2. The van der Waals surface area contributed by atoms with E-state index in [9.17, 15) is 14.4 Å². The van der Waals surface area contributed by atoms with Gasteiger partial charge in [-0.3, -0.25) is 14.9 Å². The lowest BCUT2D eigenvalue weighted by Crippen LogP contribution is -2.31. The number of nitrogens with one attached hydrogen (secondary N) is 1. The largest absolute Gasteiger partial charge is 0.336 e. The first-order valence-electron chi connectivity index (χ1n) is 4.47. The molecule has 1 aliphatic rings. The molecule has 0 unspecified atom stereocenters. The molecule has 2 rings (SSSR count). The summed E-state index contributed by atoms with van der Waals surface area (Å²) in [5, 5.41) is 1.94. The van der Waals surface area contributed by atoms with E-state index >= 15 is 0 Å². The maximum atomic E-state index is 11.5. The average molecular weight is 283 g/mol. The number of hydrogen-bond donors (Lipinski definition) is 1. The van der Waals surface area contributed by atoms with Crippen molar-refractivity contribution >= 4 is 39.5 Å². The van der Waals surface area contributed by atoms with Gasteiger partial charge in [-0.2, -0.15) is 0 Å². The number of nitrogens with zero attached hydrogens (tertiary/aromatic N) is 1. The van der Waals surface area contributed by atoms with Gasteiger partial charge in [-0.25, -0.2) is 9.69 Å². The first kappa shape index (κ1) is 10.8. The molecule has 6 heteroatoms. The fourth-order valence-electron chi connectivity index (χ4n) is 1.42. The van der Waals surface area contributed by atoms with E-state index in [4.69, 9.17) is 0 Å². The van der Waals surface area contributed by atoms with Crippen LogP contribution in [0.4, 0.5) is 10.5 Å². The van der Waals surface area contributed by atoms with Crippen LogP contribution < -0.4 is 10.2 Å². The first-order chi connectivity index (χ1) is 7.52. The highest BCUT2D eigenvalue weighted by atomic mass is 79.9. The topological polar surface area (TPSA) is 66.5 Å². The number of aryl methyl sites for hydroxylation is 1. The molecule has 0 aromatic heterocycles. The Kier molecular flexibility index (Phi) is 2.51. The monoisotopic (exact) mass is 282 g/mol. The number of benzene rings is 1. The molecule has 1 heterocycles. The minimum atomic E-state index is -0.904. The number of urea groups is 1. The van der Waals surface area contributed by atoms with E-state index in [1.165, 1.54) is 0 Å². The van der Waals surface area contributed by atoms with Crippen molar-refractivity contribution in [3.8, 4) is 0 Å². The maximum Gasteiger partial charge on any atom is 0.336 e. The van der Waals surface area contributed by atoms with Gasteiger partial charge in [0, 0.05) is 4.47 Å². The van der Waals surface area contributed by atoms with E-state index in [1.54, 1.807) is 12.1 Å². The van der Waals surface area contributed by atoms with Gasteiger partial charge in [0.25, 0.3) is 0 Å². The van der Waals surface area contributed by atoms with Gasteiger partial charge in [0.2, 0.25) is 0 Å². The van der Waals surface area contributed by atoms with Crippen LogP contribution in [-0.4, -0.2) is 17.8 Å². The van der Waals surface area contributed by atoms with Crippen molar-refractivity contribution < 1.29 is 14.4 Å². The summed E-state index contributed by atoms with van der Waals surface area (Å²) < 4.78 is 0.619. The number of hydrogen-bond acceptors (Lipinski definition) is 3. The van der Waals surface area contributed by atoms with Crippen molar-refractivity contribution in [1.82, 2.24) is 5.32 Å². The molecule has 82 valence electrons. The van der Waals surface area contributed by atoms with Gasteiger partial charge in [0.05, 0.1) is 5.69 Å². The van der Waals surface area contributed by atoms with Crippen LogP contribution in [0.5, 0.6) is 0 Å². The molecule has 0 bridgehead atoms. The molecule has 0 saturated carbocycles. The predicted molar refractivity (Wildman–Crippen MR) is 59.9 cm³/mol. The maximum absolute atomic E-state index is 11.5. The number of rotatable bonds is 1. The molecule has 16 heavy (non-hydrogen) atoms. The second kappa shape index (κ2) is 3.71.